The van der Waals surface area contributed by atoms with E-state index in [-0.39, 0.29) is 5.91 Å². The first-order chi connectivity index (χ1) is 15.6. The van der Waals surface area contributed by atoms with Gasteiger partial charge in [-0.2, -0.15) is 5.10 Å². The Morgan fingerprint density at radius 2 is 2.06 bits per heavy atom. The van der Waals surface area contributed by atoms with Crippen LogP contribution in [0, 0.1) is 0 Å². The van der Waals surface area contributed by atoms with E-state index in [4.69, 9.17) is 0 Å². The second-order valence-electron chi connectivity index (χ2n) is 8.05. The first kappa shape index (κ1) is 21.6. The van der Waals surface area contributed by atoms with Crippen LogP contribution in [-0.4, -0.2) is 45.3 Å². The Kier molecular flexibility index (Phi) is 6.87. The molecule has 7 nitrogen and oxygen atoms in total. The average molecular weight is 429 g/mol. The molecule has 1 amide bonds. The predicted molar refractivity (Wildman–Crippen MR) is 128 cm³/mol. The zero-order valence-corrected chi connectivity index (χ0v) is 18.3. The highest BCUT2D eigenvalue weighted by atomic mass is 16.1. The van der Waals surface area contributed by atoms with Crippen molar-refractivity contribution < 1.29 is 4.79 Å². The molecule has 0 unspecified atom stereocenters. The van der Waals surface area contributed by atoms with Crippen LogP contribution < -0.4 is 5.32 Å². The van der Waals surface area contributed by atoms with E-state index in [1.807, 2.05) is 30.6 Å². The molecule has 1 aliphatic heterocycles. The van der Waals surface area contributed by atoms with Crippen molar-refractivity contribution >= 4 is 23.0 Å². The fourth-order valence-corrected chi connectivity index (χ4v) is 3.96. The summed E-state index contributed by atoms with van der Waals surface area (Å²) in [6.07, 6.45) is 12.4. The van der Waals surface area contributed by atoms with E-state index in [9.17, 15) is 4.79 Å². The maximum Gasteiger partial charge on any atom is 0.276 e. The molecule has 0 radical (unpaired) electrons. The topological polar surface area (TPSA) is 86.3 Å². The minimum atomic E-state index is -0.284. The van der Waals surface area contributed by atoms with Crippen LogP contribution in [0.15, 0.2) is 66.2 Å². The summed E-state index contributed by atoms with van der Waals surface area (Å²) in [5.41, 5.74) is 5.01. The molecule has 4 rings (SSSR count). The van der Waals surface area contributed by atoms with E-state index in [2.05, 4.69) is 43.0 Å². The molecular formula is C25H28N6O. The van der Waals surface area contributed by atoms with Gasteiger partial charge in [-0.3, -0.25) is 24.8 Å². The molecule has 0 spiro atoms. The third kappa shape index (κ3) is 5.18. The molecule has 2 aromatic heterocycles. The second-order valence-corrected chi connectivity index (χ2v) is 8.05. The number of piperidine rings is 1. The highest BCUT2D eigenvalue weighted by molar-refractivity contribution is 6.06. The largest absolute Gasteiger partial charge is 0.323 e. The van der Waals surface area contributed by atoms with Gasteiger partial charge in [0.15, 0.2) is 5.69 Å². The normalized spacial score (nSPS) is 15.3. The molecule has 1 saturated heterocycles. The van der Waals surface area contributed by atoms with Crippen LogP contribution >= 0.6 is 0 Å². The van der Waals surface area contributed by atoms with Crippen molar-refractivity contribution in [3.63, 3.8) is 0 Å². The lowest BCUT2D eigenvalue weighted by molar-refractivity contribution is 0.0962. The summed E-state index contributed by atoms with van der Waals surface area (Å²) in [5.74, 6) is -0.284. The van der Waals surface area contributed by atoms with Crippen molar-refractivity contribution in [2.75, 3.05) is 13.1 Å². The van der Waals surface area contributed by atoms with Gasteiger partial charge >= 0.3 is 0 Å². The summed E-state index contributed by atoms with van der Waals surface area (Å²) >= 11 is 0. The number of aliphatic imine (C=N–C) groups is 1. The number of aromatic amines is 1. The van der Waals surface area contributed by atoms with E-state index in [1.54, 1.807) is 25.4 Å². The molecule has 1 fully saturated rings. The number of benzene rings is 1. The van der Waals surface area contributed by atoms with Crippen molar-refractivity contribution in [3.05, 3.63) is 72.5 Å². The van der Waals surface area contributed by atoms with Gasteiger partial charge in [-0.05, 0) is 62.2 Å². The first-order valence-corrected chi connectivity index (χ1v) is 10.9. The van der Waals surface area contributed by atoms with Gasteiger partial charge < -0.3 is 5.32 Å². The summed E-state index contributed by atoms with van der Waals surface area (Å²) in [7, 11) is 0. The minimum absolute atomic E-state index is 0.284. The average Bonchev–Trinajstić information content (AvgIpc) is 3.23. The van der Waals surface area contributed by atoms with Crippen molar-refractivity contribution in [1.29, 1.82) is 0 Å². The Labute approximate surface area is 188 Å². The van der Waals surface area contributed by atoms with E-state index in [1.165, 1.54) is 24.8 Å². The van der Waals surface area contributed by atoms with Gasteiger partial charge in [0.2, 0.25) is 0 Å². The number of carbonyl (C=O) groups is 1. The van der Waals surface area contributed by atoms with Crippen LogP contribution in [0.4, 0.5) is 0 Å². The Balaban J connectivity index is 1.56. The van der Waals surface area contributed by atoms with Gasteiger partial charge in [0.25, 0.3) is 5.91 Å². The molecule has 164 valence electrons. The van der Waals surface area contributed by atoms with Gasteiger partial charge in [0, 0.05) is 48.0 Å². The van der Waals surface area contributed by atoms with Crippen LogP contribution in [0.5, 0.6) is 0 Å². The standard InChI is InChI=1S/C25H28N6O/c1-3-9-26-14-18(2)28-25(32)24-22-13-20(7-8-23(22)29-30-24)21-12-19(15-27-16-21)17-31-10-5-4-6-11-31/h3,7-9,12-16H,1,4-6,10-11,17H2,2H3,(H,28,32)(H,29,30)/b18-14+,26-9?. The molecule has 3 aromatic rings. The number of hydrogen-bond donors (Lipinski definition) is 2. The van der Waals surface area contributed by atoms with Crippen molar-refractivity contribution in [3.8, 4) is 11.1 Å². The van der Waals surface area contributed by atoms with Crippen molar-refractivity contribution in [1.82, 2.24) is 25.4 Å². The fourth-order valence-electron chi connectivity index (χ4n) is 3.96. The van der Waals surface area contributed by atoms with Crippen LogP contribution in [0.1, 0.15) is 42.2 Å². The summed E-state index contributed by atoms with van der Waals surface area (Å²) in [5, 5.41) is 10.8. The molecule has 0 saturated carbocycles. The maximum atomic E-state index is 12.8. The number of carbonyl (C=O) groups excluding carboxylic acids is 1. The van der Waals surface area contributed by atoms with Gasteiger partial charge in [-0.25, -0.2) is 0 Å². The highest BCUT2D eigenvalue weighted by Crippen LogP contribution is 2.26. The highest BCUT2D eigenvalue weighted by Gasteiger charge is 2.16. The number of H-pyrrole nitrogens is 1. The number of nitrogens with zero attached hydrogens (tertiary/aromatic N) is 4. The number of pyridine rings is 1. The van der Waals surface area contributed by atoms with Crippen LogP contribution in [-0.2, 0) is 6.54 Å². The third-order valence-corrected chi connectivity index (χ3v) is 5.53. The molecule has 0 aliphatic carbocycles. The lowest BCUT2D eigenvalue weighted by Gasteiger charge is -2.26. The molecule has 0 bridgehead atoms. The number of amides is 1. The molecular weight excluding hydrogens is 400 g/mol. The van der Waals surface area contributed by atoms with Gasteiger partial charge in [-0.15, -0.1) is 0 Å². The second kappa shape index (κ2) is 10.2. The minimum Gasteiger partial charge on any atom is -0.323 e. The summed E-state index contributed by atoms with van der Waals surface area (Å²) in [6, 6.07) is 8.15. The van der Waals surface area contributed by atoms with E-state index in [0.717, 1.165) is 41.7 Å². The molecule has 7 heteroatoms. The molecule has 32 heavy (non-hydrogen) atoms. The van der Waals surface area contributed by atoms with Crippen LogP contribution in [0.3, 0.4) is 0 Å². The molecule has 0 atom stereocenters. The van der Waals surface area contributed by atoms with E-state index in [0.29, 0.717) is 11.4 Å². The van der Waals surface area contributed by atoms with Gasteiger partial charge in [0.1, 0.15) is 0 Å². The Morgan fingerprint density at radius 1 is 1.22 bits per heavy atom. The van der Waals surface area contributed by atoms with Gasteiger partial charge in [-0.1, -0.05) is 25.1 Å². The van der Waals surface area contributed by atoms with Crippen molar-refractivity contribution in [2.24, 2.45) is 4.99 Å². The fraction of sp³-hybridized carbons (Fsp3) is 0.280. The van der Waals surface area contributed by atoms with E-state index < -0.39 is 0 Å². The number of likely N-dealkylation sites (tertiary alicyclic amines) is 1. The number of nitrogens with one attached hydrogen (secondary N) is 2. The lowest BCUT2D eigenvalue weighted by Crippen LogP contribution is -2.29. The van der Waals surface area contributed by atoms with Crippen molar-refractivity contribution in [2.45, 2.75) is 32.7 Å². The first-order valence-electron chi connectivity index (χ1n) is 10.9. The smallest absolute Gasteiger partial charge is 0.276 e. The van der Waals surface area contributed by atoms with E-state index >= 15 is 0 Å². The molecule has 2 N–H and O–H groups in total. The van der Waals surface area contributed by atoms with Crippen LogP contribution in [0.2, 0.25) is 0 Å². The molecule has 1 aromatic carbocycles. The monoisotopic (exact) mass is 428 g/mol. The SMILES string of the molecule is C=CC=N/C=C(\C)NC(=O)c1n[nH]c2ccc(-c3cncc(CN4CCCCC4)c3)cc12. The number of allylic oxidation sites excluding steroid dienone is 2. The quantitative estimate of drug-likeness (QED) is 0.544. The zero-order valence-electron chi connectivity index (χ0n) is 18.3. The van der Waals surface area contributed by atoms with Gasteiger partial charge in [0.05, 0.1) is 5.52 Å². The maximum absolute atomic E-state index is 12.8. The third-order valence-electron chi connectivity index (χ3n) is 5.53. The van der Waals surface area contributed by atoms with Crippen LogP contribution in [0.25, 0.3) is 22.0 Å². The summed E-state index contributed by atoms with van der Waals surface area (Å²) in [6.45, 7) is 8.57. The Hall–Kier alpha value is -3.58. The summed E-state index contributed by atoms with van der Waals surface area (Å²) < 4.78 is 0. The number of hydrogen-bond acceptors (Lipinski definition) is 5. The lowest BCUT2D eigenvalue weighted by atomic mass is 10.0. The Morgan fingerprint density at radius 3 is 2.88 bits per heavy atom. The Bertz CT molecular complexity index is 1170. The number of rotatable bonds is 7. The number of fused-ring (bicyclic) bond motifs is 1. The number of aromatic nitrogens is 3. The predicted octanol–water partition coefficient (Wildman–Crippen LogP) is 4.46. The zero-order chi connectivity index (χ0) is 22.3. The molecule has 3 heterocycles. The molecule has 1 aliphatic rings. The summed E-state index contributed by atoms with van der Waals surface area (Å²) in [4.78, 5) is 23.8.